The van der Waals surface area contributed by atoms with E-state index in [1.807, 2.05) is 18.7 Å². The second kappa shape index (κ2) is 21.2. The Labute approximate surface area is 129 Å². The van der Waals surface area contributed by atoms with Crippen LogP contribution in [0.25, 0.3) is 0 Å². The maximum absolute atomic E-state index is 10.7. The second-order valence-electron chi connectivity index (χ2n) is 3.90. The van der Waals surface area contributed by atoms with Gasteiger partial charge < -0.3 is 19.5 Å². The van der Waals surface area contributed by atoms with Crippen LogP contribution in [-0.4, -0.2) is 61.9 Å². The van der Waals surface area contributed by atoms with Crippen LogP contribution in [-0.2, 0) is 19.1 Å². The van der Waals surface area contributed by atoms with Gasteiger partial charge in [0.1, 0.15) is 0 Å². The zero-order chi connectivity index (χ0) is 17.1. The van der Waals surface area contributed by atoms with Crippen molar-refractivity contribution in [2.24, 2.45) is 0 Å². The molecular weight excluding hydrogens is 274 g/mol. The number of carbonyl (C=O) groups excluding carboxylic acids is 2. The Kier molecular flexibility index (Phi) is 25.0. The van der Waals surface area contributed by atoms with Crippen molar-refractivity contribution in [1.82, 2.24) is 4.90 Å². The van der Waals surface area contributed by atoms with Gasteiger partial charge in [0.05, 0.1) is 6.61 Å². The molecule has 0 aliphatic carbocycles. The van der Waals surface area contributed by atoms with Crippen molar-refractivity contribution in [1.29, 1.82) is 0 Å². The molecule has 128 valence electrons. The average molecular weight is 307 g/mol. The van der Waals surface area contributed by atoms with Crippen molar-refractivity contribution in [2.75, 3.05) is 40.0 Å². The van der Waals surface area contributed by atoms with E-state index in [1.54, 1.807) is 21.0 Å². The molecule has 0 aromatic rings. The highest BCUT2D eigenvalue weighted by Gasteiger charge is 2.16. The van der Waals surface area contributed by atoms with Crippen LogP contribution in [0, 0.1) is 0 Å². The van der Waals surface area contributed by atoms with E-state index in [-0.39, 0.29) is 12.6 Å². The standard InChI is InChI=1S/C6H11NO.C4H8O2.C3H8O.C2H6O/c1-2-7-5-3-4-6(7)8;1-3-6-4(2)5;1-3-4-2;1-2-3/h2-5H2,1H3;3H2,1-2H3;3H2,1-2H3;3H,2H2,1H3. The molecule has 0 bridgehead atoms. The van der Waals surface area contributed by atoms with Crippen molar-refractivity contribution < 1.29 is 24.2 Å². The van der Waals surface area contributed by atoms with E-state index in [4.69, 9.17) is 5.11 Å². The number of hydrogen-bond acceptors (Lipinski definition) is 5. The van der Waals surface area contributed by atoms with Crippen LogP contribution in [0.4, 0.5) is 0 Å². The Balaban J connectivity index is -0.000000223. The van der Waals surface area contributed by atoms with Crippen LogP contribution in [0.3, 0.4) is 0 Å². The van der Waals surface area contributed by atoms with Gasteiger partial charge in [-0.25, -0.2) is 0 Å². The smallest absolute Gasteiger partial charge is 0.302 e. The molecule has 0 saturated carbocycles. The molecule has 1 fully saturated rings. The summed E-state index contributed by atoms with van der Waals surface area (Å²) in [5.41, 5.74) is 0. The summed E-state index contributed by atoms with van der Waals surface area (Å²) in [5.74, 6) is 0.116. The minimum atomic E-state index is -0.211. The minimum absolute atomic E-state index is 0.211. The summed E-state index contributed by atoms with van der Waals surface area (Å²) in [6.45, 7) is 12.2. The van der Waals surface area contributed by atoms with Crippen LogP contribution in [0.1, 0.15) is 47.5 Å². The number of methoxy groups -OCH3 is 1. The maximum atomic E-state index is 10.7. The summed E-state index contributed by atoms with van der Waals surface area (Å²) in [6.07, 6.45) is 1.83. The molecule has 6 heteroatoms. The number of amides is 1. The van der Waals surface area contributed by atoms with E-state index >= 15 is 0 Å². The Morgan fingerprint density at radius 1 is 1.24 bits per heavy atom. The maximum Gasteiger partial charge on any atom is 0.302 e. The fourth-order valence-corrected chi connectivity index (χ4v) is 1.24. The zero-order valence-electron chi connectivity index (χ0n) is 14.5. The summed E-state index contributed by atoms with van der Waals surface area (Å²) in [6, 6.07) is 0. The number of ether oxygens (including phenoxy) is 2. The molecule has 0 atom stereocenters. The first-order valence-corrected chi connectivity index (χ1v) is 7.45. The largest absolute Gasteiger partial charge is 0.466 e. The molecule has 1 aliphatic heterocycles. The highest BCUT2D eigenvalue weighted by atomic mass is 16.5. The number of aliphatic hydroxyl groups excluding tert-OH is 1. The summed E-state index contributed by atoms with van der Waals surface area (Å²) in [7, 11) is 1.68. The van der Waals surface area contributed by atoms with Gasteiger partial charge in [0.2, 0.25) is 5.91 Å². The van der Waals surface area contributed by atoms with Gasteiger partial charge in [0, 0.05) is 46.8 Å². The third-order valence-electron chi connectivity index (χ3n) is 2.19. The molecule has 1 aliphatic rings. The Morgan fingerprint density at radius 2 is 1.71 bits per heavy atom. The van der Waals surface area contributed by atoms with E-state index in [0.717, 1.165) is 32.5 Å². The van der Waals surface area contributed by atoms with Crippen LogP contribution < -0.4 is 0 Å². The number of aliphatic hydroxyl groups is 1. The van der Waals surface area contributed by atoms with Crippen LogP contribution in [0.15, 0.2) is 0 Å². The Hall–Kier alpha value is -1.14. The quantitative estimate of drug-likeness (QED) is 0.805. The molecule has 0 unspecified atom stereocenters. The minimum Gasteiger partial charge on any atom is -0.466 e. The second-order valence-corrected chi connectivity index (χ2v) is 3.90. The van der Waals surface area contributed by atoms with Gasteiger partial charge in [-0.15, -0.1) is 0 Å². The van der Waals surface area contributed by atoms with Gasteiger partial charge >= 0.3 is 5.97 Å². The summed E-state index contributed by atoms with van der Waals surface area (Å²) in [5, 5.41) is 7.57. The van der Waals surface area contributed by atoms with E-state index in [9.17, 15) is 9.59 Å². The van der Waals surface area contributed by atoms with Crippen LogP contribution in [0.2, 0.25) is 0 Å². The van der Waals surface area contributed by atoms with E-state index in [1.165, 1.54) is 6.92 Å². The SMILES string of the molecule is CCN1CCCC1=O.CCO.CCOC.CCOC(C)=O. The first kappa shape index (κ1) is 24.9. The third-order valence-corrected chi connectivity index (χ3v) is 2.19. The molecule has 6 nitrogen and oxygen atoms in total. The lowest BCUT2D eigenvalue weighted by atomic mass is 10.4. The summed E-state index contributed by atoms with van der Waals surface area (Å²) in [4.78, 5) is 22.4. The molecule has 1 rings (SSSR count). The van der Waals surface area contributed by atoms with Crippen LogP contribution in [0.5, 0.6) is 0 Å². The first-order chi connectivity index (χ1) is 9.94. The molecule has 21 heavy (non-hydrogen) atoms. The number of nitrogens with zero attached hydrogens (tertiary/aromatic N) is 1. The van der Waals surface area contributed by atoms with E-state index in [0.29, 0.717) is 12.5 Å². The lowest BCUT2D eigenvalue weighted by molar-refractivity contribution is -0.140. The third kappa shape index (κ3) is 24.3. The van der Waals surface area contributed by atoms with Crippen molar-refractivity contribution >= 4 is 11.9 Å². The lowest BCUT2D eigenvalue weighted by Gasteiger charge is -2.10. The van der Waals surface area contributed by atoms with Crippen molar-refractivity contribution in [3.8, 4) is 0 Å². The molecule has 0 spiro atoms. The predicted octanol–water partition coefficient (Wildman–Crippen LogP) is 1.85. The van der Waals surface area contributed by atoms with Gasteiger partial charge in [-0.2, -0.15) is 0 Å². The average Bonchev–Trinajstić information content (AvgIpc) is 2.86. The zero-order valence-corrected chi connectivity index (χ0v) is 14.5. The normalized spacial score (nSPS) is 12.1. The number of hydrogen-bond donors (Lipinski definition) is 1. The number of esters is 1. The summed E-state index contributed by atoms with van der Waals surface area (Å²) >= 11 is 0. The van der Waals surface area contributed by atoms with Crippen molar-refractivity contribution in [3.63, 3.8) is 0 Å². The van der Waals surface area contributed by atoms with Gasteiger partial charge in [0.15, 0.2) is 0 Å². The molecule has 0 radical (unpaired) electrons. The fraction of sp³-hybridized carbons (Fsp3) is 0.867. The Morgan fingerprint density at radius 3 is 1.81 bits per heavy atom. The van der Waals surface area contributed by atoms with Gasteiger partial charge in [-0.1, -0.05) is 0 Å². The van der Waals surface area contributed by atoms with Gasteiger partial charge in [0.25, 0.3) is 0 Å². The Bertz CT molecular complexity index is 232. The van der Waals surface area contributed by atoms with Crippen molar-refractivity contribution in [2.45, 2.75) is 47.5 Å². The van der Waals surface area contributed by atoms with Gasteiger partial charge in [-0.05, 0) is 34.1 Å². The lowest BCUT2D eigenvalue weighted by Crippen LogP contribution is -2.23. The number of carbonyl (C=O) groups is 2. The van der Waals surface area contributed by atoms with E-state index < -0.39 is 0 Å². The topological polar surface area (TPSA) is 76.1 Å². The van der Waals surface area contributed by atoms with Gasteiger partial charge in [-0.3, -0.25) is 9.59 Å². The first-order valence-electron chi connectivity index (χ1n) is 7.45. The van der Waals surface area contributed by atoms with Crippen LogP contribution >= 0.6 is 0 Å². The molecule has 0 aromatic heterocycles. The van der Waals surface area contributed by atoms with Crippen molar-refractivity contribution in [3.05, 3.63) is 0 Å². The molecule has 0 aromatic carbocycles. The molecular formula is C15H33NO5. The summed E-state index contributed by atoms with van der Waals surface area (Å²) < 4.78 is 8.94. The highest BCUT2D eigenvalue weighted by molar-refractivity contribution is 5.77. The number of likely N-dealkylation sites (tertiary alicyclic amines) is 1. The highest BCUT2D eigenvalue weighted by Crippen LogP contribution is 2.07. The predicted molar refractivity (Wildman–Crippen MR) is 84.1 cm³/mol. The molecule has 1 saturated heterocycles. The fourth-order valence-electron chi connectivity index (χ4n) is 1.24. The molecule has 1 heterocycles. The van der Waals surface area contributed by atoms with E-state index in [2.05, 4.69) is 9.47 Å². The monoisotopic (exact) mass is 307 g/mol. The molecule has 1 amide bonds. The number of rotatable bonds is 3. The molecule has 1 N–H and O–H groups in total.